The van der Waals surface area contributed by atoms with Crippen LogP contribution in [0.3, 0.4) is 0 Å². The van der Waals surface area contributed by atoms with E-state index < -0.39 is 9.96 Å². The van der Waals surface area contributed by atoms with E-state index >= 15 is 0 Å². The molecule has 18 heavy (non-hydrogen) atoms. The Hall–Kier alpha value is -0.640. The quantitative estimate of drug-likeness (QED) is 0.643. The monoisotopic (exact) mass is 308 g/mol. The summed E-state index contributed by atoms with van der Waals surface area (Å²) in [5.74, 6) is -0.155. The molecular formula is C12H15Cl3N2O. The Morgan fingerprint density at radius 1 is 1.28 bits per heavy atom. The molecule has 0 aliphatic carbocycles. The summed E-state index contributed by atoms with van der Waals surface area (Å²) in [6, 6.07) is 9.24. The van der Waals surface area contributed by atoms with E-state index in [2.05, 4.69) is 10.6 Å². The van der Waals surface area contributed by atoms with Crippen LogP contribution in [0.15, 0.2) is 30.3 Å². The van der Waals surface area contributed by atoms with Gasteiger partial charge >= 0.3 is 0 Å². The predicted molar refractivity (Wildman–Crippen MR) is 77.2 cm³/mol. The number of carbonyl (C=O) groups excluding carboxylic acids is 1. The SMILES string of the molecule is CCCC(=O)NC(Nc1ccccc1)C(Cl)(Cl)Cl. The lowest BCUT2D eigenvalue weighted by atomic mass is 10.3. The highest BCUT2D eigenvalue weighted by Crippen LogP contribution is 2.31. The van der Waals surface area contributed by atoms with Gasteiger partial charge in [-0.25, -0.2) is 0 Å². The lowest BCUT2D eigenvalue weighted by Crippen LogP contribution is -2.49. The Bertz CT molecular complexity index is 379. The fourth-order valence-electron chi connectivity index (χ4n) is 1.36. The number of hydrogen-bond donors (Lipinski definition) is 2. The van der Waals surface area contributed by atoms with Gasteiger partial charge in [-0.3, -0.25) is 4.79 Å². The van der Waals surface area contributed by atoms with E-state index in [9.17, 15) is 4.79 Å². The zero-order valence-corrected chi connectivity index (χ0v) is 12.2. The molecule has 0 aromatic heterocycles. The summed E-state index contributed by atoms with van der Waals surface area (Å²) in [4.78, 5) is 11.6. The van der Waals surface area contributed by atoms with Crippen LogP contribution in [0.2, 0.25) is 0 Å². The van der Waals surface area contributed by atoms with Gasteiger partial charge in [0.05, 0.1) is 0 Å². The maximum absolute atomic E-state index is 11.6. The normalized spacial score (nSPS) is 12.9. The van der Waals surface area contributed by atoms with Gasteiger partial charge in [0.1, 0.15) is 6.17 Å². The number of hydrogen-bond acceptors (Lipinski definition) is 2. The van der Waals surface area contributed by atoms with E-state index in [1.807, 2.05) is 37.3 Å². The first kappa shape index (κ1) is 15.4. The number of alkyl halides is 3. The molecule has 3 nitrogen and oxygen atoms in total. The first-order valence-corrected chi connectivity index (χ1v) is 6.74. The summed E-state index contributed by atoms with van der Waals surface area (Å²) < 4.78 is -1.63. The third kappa shape index (κ3) is 5.34. The van der Waals surface area contributed by atoms with Crippen LogP contribution < -0.4 is 10.6 Å². The van der Waals surface area contributed by atoms with Crippen LogP contribution in [0.1, 0.15) is 19.8 Å². The lowest BCUT2D eigenvalue weighted by molar-refractivity contribution is -0.121. The van der Waals surface area contributed by atoms with Gasteiger partial charge in [0.15, 0.2) is 0 Å². The molecule has 1 aromatic rings. The van der Waals surface area contributed by atoms with Crippen LogP contribution in [0, 0.1) is 0 Å². The molecule has 2 N–H and O–H groups in total. The van der Waals surface area contributed by atoms with E-state index in [4.69, 9.17) is 34.8 Å². The van der Waals surface area contributed by atoms with Crippen molar-refractivity contribution in [3.63, 3.8) is 0 Å². The van der Waals surface area contributed by atoms with Gasteiger partial charge in [0, 0.05) is 12.1 Å². The fourth-order valence-corrected chi connectivity index (χ4v) is 1.69. The van der Waals surface area contributed by atoms with Gasteiger partial charge in [0.25, 0.3) is 0 Å². The summed E-state index contributed by atoms with van der Waals surface area (Å²) in [5.41, 5.74) is 0.769. The summed E-state index contributed by atoms with van der Waals surface area (Å²) in [6.07, 6.45) is 0.362. The minimum atomic E-state index is -1.63. The molecule has 1 rings (SSSR count). The molecule has 1 atom stereocenters. The molecule has 1 amide bonds. The van der Waals surface area contributed by atoms with Crippen molar-refractivity contribution in [3.8, 4) is 0 Å². The van der Waals surface area contributed by atoms with Gasteiger partial charge in [-0.05, 0) is 18.6 Å². The zero-order valence-electron chi connectivity index (χ0n) is 9.92. The van der Waals surface area contributed by atoms with Crippen molar-refractivity contribution in [1.82, 2.24) is 5.32 Å². The topological polar surface area (TPSA) is 41.1 Å². The Kier molecular flexibility index (Phi) is 6.06. The third-order valence-electron chi connectivity index (χ3n) is 2.19. The standard InChI is InChI=1S/C12H15Cl3N2O/c1-2-6-10(18)17-11(12(13,14)15)16-9-7-4-3-5-8-9/h3-5,7-8,11,16H,2,6H2,1H3,(H,17,18). The summed E-state index contributed by atoms with van der Waals surface area (Å²) in [7, 11) is 0. The van der Waals surface area contributed by atoms with Crippen molar-refractivity contribution in [2.24, 2.45) is 0 Å². The van der Waals surface area contributed by atoms with Gasteiger partial charge in [0.2, 0.25) is 9.70 Å². The average molecular weight is 310 g/mol. The molecule has 0 saturated carbocycles. The van der Waals surface area contributed by atoms with Crippen molar-refractivity contribution >= 4 is 46.4 Å². The van der Waals surface area contributed by atoms with Crippen molar-refractivity contribution in [2.45, 2.75) is 29.7 Å². The highest BCUT2D eigenvalue weighted by atomic mass is 35.6. The van der Waals surface area contributed by atoms with Crippen molar-refractivity contribution in [2.75, 3.05) is 5.32 Å². The smallest absolute Gasteiger partial charge is 0.228 e. The minimum Gasteiger partial charge on any atom is -0.362 e. The first-order valence-electron chi connectivity index (χ1n) is 5.61. The molecule has 0 radical (unpaired) electrons. The lowest BCUT2D eigenvalue weighted by Gasteiger charge is -2.27. The fraction of sp³-hybridized carbons (Fsp3) is 0.417. The number of rotatable bonds is 5. The van der Waals surface area contributed by atoms with Crippen LogP contribution in [0.5, 0.6) is 0 Å². The van der Waals surface area contributed by atoms with E-state index in [0.29, 0.717) is 6.42 Å². The first-order chi connectivity index (χ1) is 8.43. The Balaban J connectivity index is 2.71. The number of carbonyl (C=O) groups is 1. The summed E-state index contributed by atoms with van der Waals surface area (Å²) >= 11 is 17.5. The second kappa shape index (κ2) is 7.07. The molecule has 1 unspecified atom stereocenters. The highest BCUT2D eigenvalue weighted by molar-refractivity contribution is 6.68. The van der Waals surface area contributed by atoms with E-state index in [-0.39, 0.29) is 5.91 Å². The van der Waals surface area contributed by atoms with E-state index in [1.54, 1.807) is 0 Å². The van der Waals surface area contributed by atoms with E-state index in [0.717, 1.165) is 12.1 Å². The summed E-state index contributed by atoms with van der Waals surface area (Å²) in [6.45, 7) is 1.91. The number of para-hydroxylation sites is 1. The molecule has 0 bridgehead atoms. The minimum absolute atomic E-state index is 0.155. The number of halogens is 3. The van der Waals surface area contributed by atoms with Crippen molar-refractivity contribution in [1.29, 1.82) is 0 Å². The molecule has 1 aromatic carbocycles. The van der Waals surface area contributed by atoms with Gasteiger partial charge in [-0.1, -0.05) is 59.9 Å². The number of amides is 1. The van der Waals surface area contributed by atoms with Crippen molar-refractivity contribution < 1.29 is 4.79 Å². The molecule has 0 fully saturated rings. The van der Waals surface area contributed by atoms with Crippen LogP contribution >= 0.6 is 34.8 Å². The molecule has 6 heteroatoms. The Morgan fingerprint density at radius 3 is 2.39 bits per heavy atom. The zero-order chi connectivity index (χ0) is 13.6. The largest absolute Gasteiger partial charge is 0.362 e. The van der Waals surface area contributed by atoms with Crippen LogP contribution in [-0.2, 0) is 4.79 Å². The highest BCUT2D eigenvalue weighted by Gasteiger charge is 2.33. The molecular weight excluding hydrogens is 295 g/mol. The molecule has 0 heterocycles. The van der Waals surface area contributed by atoms with Crippen LogP contribution in [0.25, 0.3) is 0 Å². The maximum atomic E-state index is 11.6. The van der Waals surface area contributed by atoms with Gasteiger partial charge in [-0.2, -0.15) is 0 Å². The number of nitrogens with one attached hydrogen (secondary N) is 2. The number of benzene rings is 1. The Morgan fingerprint density at radius 2 is 1.89 bits per heavy atom. The summed E-state index contributed by atoms with van der Waals surface area (Å²) in [5, 5.41) is 5.64. The van der Waals surface area contributed by atoms with Crippen LogP contribution in [-0.4, -0.2) is 15.9 Å². The molecule has 0 aliphatic heterocycles. The van der Waals surface area contributed by atoms with Crippen LogP contribution in [0.4, 0.5) is 5.69 Å². The van der Waals surface area contributed by atoms with E-state index in [1.165, 1.54) is 0 Å². The second-order valence-corrected chi connectivity index (χ2v) is 6.17. The van der Waals surface area contributed by atoms with Gasteiger partial charge in [-0.15, -0.1) is 0 Å². The third-order valence-corrected chi connectivity index (χ3v) is 2.85. The second-order valence-electron chi connectivity index (χ2n) is 3.80. The van der Waals surface area contributed by atoms with Crippen molar-refractivity contribution in [3.05, 3.63) is 30.3 Å². The average Bonchev–Trinajstić information content (AvgIpc) is 2.28. The number of anilines is 1. The molecule has 0 spiro atoms. The predicted octanol–water partition coefficient (Wildman–Crippen LogP) is 3.71. The maximum Gasteiger partial charge on any atom is 0.228 e. The molecule has 100 valence electrons. The van der Waals surface area contributed by atoms with Gasteiger partial charge < -0.3 is 10.6 Å². The Labute approximate surface area is 122 Å². The molecule has 0 saturated heterocycles. The molecule has 0 aliphatic rings.